The van der Waals surface area contributed by atoms with Crippen LogP contribution in [0.2, 0.25) is 0 Å². The van der Waals surface area contributed by atoms with E-state index in [1.165, 1.54) is 38.5 Å². The number of piperidine rings is 1. The lowest BCUT2D eigenvalue weighted by atomic mass is 9.78. The van der Waals surface area contributed by atoms with Gasteiger partial charge < -0.3 is 9.67 Å². The van der Waals surface area contributed by atoms with Crippen LogP contribution in [0.1, 0.15) is 88.7 Å². The molecular weight excluding hydrogens is 426 g/mol. The molecule has 0 amide bonds. The second kappa shape index (κ2) is 7.91. The maximum Gasteiger partial charge on any atom is 0.360 e. The molecule has 2 aromatic rings. The molecule has 6 nitrogen and oxygen atoms in total. The minimum absolute atomic E-state index is 0.0956. The summed E-state index contributed by atoms with van der Waals surface area (Å²) < 4.78 is 1.71. The predicted octanol–water partition coefficient (Wildman–Crippen LogP) is 5.11. The highest BCUT2D eigenvalue weighted by atomic mass is 16.4. The fourth-order valence-corrected chi connectivity index (χ4v) is 8.24. The Balaban J connectivity index is 1.34. The van der Waals surface area contributed by atoms with Crippen molar-refractivity contribution in [3.05, 3.63) is 40.3 Å². The molecule has 3 aliphatic carbocycles. The van der Waals surface area contributed by atoms with Gasteiger partial charge in [0, 0.05) is 24.2 Å². The Morgan fingerprint density at radius 1 is 1.26 bits per heavy atom. The fraction of sp³-hybridized carbons (Fsp3) is 0.679. The molecule has 4 aliphatic rings. The van der Waals surface area contributed by atoms with Crippen LogP contribution in [0.25, 0.3) is 11.0 Å². The first-order valence-electron chi connectivity index (χ1n) is 13.4. The zero-order chi connectivity index (χ0) is 23.8. The summed E-state index contributed by atoms with van der Waals surface area (Å²) in [6, 6.07) is 9.01. The highest BCUT2D eigenvalue weighted by Gasteiger charge is 2.75. The molecule has 1 aromatic carbocycles. The predicted molar refractivity (Wildman–Crippen MR) is 132 cm³/mol. The quantitative estimate of drug-likeness (QED) is 0.644. The van der Waals surface area contributed by atoms with E-state index in [0.29, 0.717) is 29.1 Å². The van der Waals surface area contributed by atoms with E-state index < -0.39 is 11.5 Å². The molecule has 1 aromatic heterocycles. The van der Waals surface area contributed by atoms with Crippen LogP contribution in [-0.2, 0) is 0 Å². The number of carbonyl (C=O) groups is 1. The Labute approximate surface area is 201 Å². The van der Waals surface area contributed by atoms with E-state index in [1.807, 2.05) is 18.2 Å². The standard InChI is InChI=1S/C28H37N3O3/c1-4-18-13-19-14-28(19)15-21(28)25(18)30-16(2)8-7-9-20(30)12-17(3)31-23-11-6-5-10-22(23)29-24(26(31)32)27(33)34/h5-6,10-11,16-21,25H,4,7-9,12-15H2,1-3H3,(H,33,34)/t16-,17-,18?,19?,20-,21?,25?,28?/m0/s1. The molecule has 4 fully saturated rings. The van der Waals surface area contributed by atoms with Crippen molar-refractivity contribution in [2.24, 2.45) is 23.2 Å². The molecule has 34 heavy (non-hydrogen) atoms. The molecule has 182 valence electrons. The number of hydrogen-bond acceptors (Lipinski definition) is 4. The number of para-hydroxylation sites is 2. The summed E-state index contributed by atoms with van der Waals surface area (Å²) in [4.78, 5) is 32.1. The summed E-state index contributed by atoms with van der Waals surface area (Å²) in [7, 11) is 0. The summed E-state index contributed by atoms with van der Waals surface area (Å²) in [5.74, 6) is 1.40. The van der Waals surface area contributed by atoms with Crippen molar-refractivity contribution in [2.45, 2.75) is 96.3 Å². The lowest BCUT2D eigenvalue weighted by Crippen LogP contribution is -2.56. The van der Waals surface area contributed by atoms with Crippen LogP contribution >= 0.6 is 0 Å². The largest absolute Gasteiger partial charge is 0.476 e. The van der Waals surface area contributed by atoms with Crippen LogP contribution in [0.15, 0.2) is 29.1 Å². The summed E-state index contributed by atoms with van der Waals surface area (Å²) in [6.07, 6.45) is 10.1. The monoisotopic (exact) mass is 463 g/mol. The first kappa shape index (κ1) is 22.3. The molecule has 1 saturated heterocycles. The number of benzene rings is 1. The summed E-state index contributed by atoms with van der Waals surface area (Å²) >= 11 is 0. The second-order valence-corrected chi connectivity index (χ2v) is 11.7. The highest BCUT2D eigenvalue weighted by molar-refractivity contribution is 5.88. The Morgan fingerprint density at radius 3 is 2.82 bits per heavy atom. The smallest absolute Gasteiger partial charge is 0.360 e. The number of nitrogens with zero attached hydrogens (tertiary/aromatic N) is 3. The van der Waals surface area contributed by atoms with Crippen molar-refractivity contribution in [3.63, 3.8) is 0 Å². The van der Waals surface area contributed by atoms with Crippen LogP contribution in [0, 0.1) is 23.2 Å². The van der Waals surface area contributed by atoms with Crippen LogP contribution < -0.4 is 5.56 Å². The van der Waals surface area contributed by atoms with Gasteiger partial charge in [0.15, 0.2) is 0 Å². The van der Waals surface area contributed by atoms with Crippen molar-refractivity contribution in [1.29, 1.82) is 0 Å². The lowest BCUT2D eigenvalue weighted by molar-refractivity contribution is -0.0149. The van der Waals surface area contributed by atoms with Crippen molar-refractivity contribution >= 4 is 17.0 Å². The van der Waals surface area contributed by atoms with E-state index in [4.69, 9.17) is 0 Å². The van der Waals surface area contributed by atoms with Gasteiger partial charge in [-0.2, -0.15) is 0 Å². The van der Waals surface area contributed by atoms with Gasteiger partial charge in [-0.15, -0.1) is 0 Å². The molecule has 0 radical (unpaired) electrons. The molecule has 5 unspecified atom stereocenters. The zero-order valence-electron chi connectivity index (χ0n) is 20.6. The maximum absolute atomic E-state index is 13.3. The number of carboxylic acids is 1. The first-order chi connectivity index (χ1) is 16.4. The van der Waals surface area contributed by atoms with Crippen molar-refractivity contribution < 1.29 is 9.90 Å². The van der Waals surface area contributed by atoms with Crippen molar-refractivity contribution in [2.75, 3.05) is 0 Å². The minimum Gasteiger partial charge on any atom is -0.476 e. The Morgan fingerprint density at radius 2 is 2.06 bits per heavy atom. The second-order valence-electron chi connectivity index (χ2n) is 11.7. The zero-order valence-corrected chi connectivity index (χ0v) is 20.6. The molecule has 1 N–H and O–H groups in total. The third-order valence-corrected chi connectivity index (χ3v) is 9.95. The average Bonchev–Trinajstić information content (AvgIpc) is 3.71. The Bertz CT molecular complexity index is 1190. The van der Waals surface area contributed by atoms with Gasteiger partial charge in [0.2, 0.25) is 5.69 Å². The van der Waals surface area contributed by atoms with Gasteiger partial charge >= 0.3 is 5.97 Å². The third-order valence-electron chi connectivity index (χ3n) is 9.95. The molecule has 2 heterocycles. The van der Waals surface area contributed by atoms with E-state index in [9.17, 15) is 14.7 Å². The first-order valence-corrected chi connectivity index (χ1v) is 13.4. The molecule has 8 atom stereocenters. The highest BCUT2D eigenvalue weighted by Crippen LogP contribution is 2.81. The van der Waals surface area contributed by atoms with E-state index in [2.05, 4.69) is 30.7 Å². The molecule has 6 rings (SSSR count). The maximum atomic E-state index is 13.3. The number of fused-ring (bicyclic) bond motifs is 1. The number of aromatic nitrogens is 2. The number of hydrogen-bond donors (Lipinski definition) is 1. The Hall–Kier alpha value is -2.21. The van der Waals surface area contributed by atoms with E-state index >= 15 is 0 Å². The van der Waals surface area contributed by atoms with Crippen molar-refractivity contribution in [1.82, 2.24) is 14.5 Å². The normalized spacial score (nSPS) is 37.6. The molecule has 3 saturated carbocycles. The molecule has 1 aliphatic heterocycles. The molecular formula is C28H37N3O3. The van der Waals surface area contributed by atoms with Crippen LogP contribution in [-0.4, -0.2) is 43.7 Å². The molecule has 1 spiro atoms. The van der Waals surface area contributed by atoms with Gasteiger partial charge in [0.1, 0.15) is 0 Å². The lowest BCUT2D eigenvalue weighted by Gasteiger charge is -2.50. The van der Waals surface area contributed by atoms with Gasteiger partial charge in [0.05, 0.1) is 11.0 Å². The summed E-state index contributed by atoms with van der Waals surface area (Å²) in [5.41, 5.74) is 1.13. The third kappa shape index (κ3) is 3.28. The number of aromatic carboxylic acids is 1. The number of carboxylic acid groups (broad SMARTS) is 1. The topological polar surface area (TPSA) is 75.4 Å². The van der Waals surface area contributed by atoms with Gasteiger partial charge in [-0.25, -0.2) is 9.78 Å². The number of rotatable bonds is 6. The van der Waals surface area contributed by atoms with E-state index in [0.717, 1.165) is 36.1 Å². The van der Waals surface area contributed by atoms with Crippen LogP contribution in [0.5, 0.6) is 0 Å². The SMILES string of the molecule is CCC1CC2CC23CC3C1N1[C@H](C[C@H](C)n2c(=O)c(C(=O)O)nc3ccccc32)CCC[C@@H]1C. The minimum atomic E-state index is -1.25. The summed E-state index contributed by atoms with van der Waals surface area (Å²) in [5, 5.41) is 9.63. The van der Waals surface area contributed by atoms with Gasteiger partial charge in [0.25, 0.3) is 5.56 Å². The van der Waals surface area contributed by atoms with Gasteiger partial charge in [-0.3, -0.25) is 9.69 Å². The average molecular weight is 464 g/mol. The summed E-state index contributed by atoms with van der Waals surface area (Å²) in [6.45, 7) is 6.87. The molecule has 6 heteroatoms. The van der Waals surface area contributed by atoms with Crippen LogP contribution in [0.3, 0.4) is 0 Å². The number of likely N-dealkylation sites (tertiary alicyclic amines) is 1. The van der Waals surface area contributed by atoms with Crippen LogP contribution in [0.4, 0.5) is 0 Å². The van der Waals surface area contributed by atoms with Crippen molar-refractivity contribution in [3.8, 4) is 0 Å². The van der Waals surface area contributed by atoms with Gasteiger partial charge in [-0.1, -0.05) is 31.9 Å². The van der Waals surface area contributed by atoms with E-state index in [1.54, 1.807) is 10.6 Å². The van der Waals surface area contributed by atoms with E-state index in [-0.39, 0.29) is 11.7 Å². The fourth-order valence-electron chi connectivity index (χ4n) is 8.24. The van der Waals surface area contributed by atoms with Gasteiger partial charge in [-0.05, 0) is 87.7 Å². The Kier molecular flexibility index (Phi) is 5.18. The molecule has 0 bridgehead atoms.